The fraction of sp³-hybridized carbons (Fsp3) is 0.400. The molecule has 0 aromatic carbocycles. The van der Waals surface area contributed by atoms with Crippen molar-refractivity contribution < 1.29 is 0 Å². The minimum absolute atomic E-state index is 0.619. The van der Waals surface area contributed by atoms with Crippen molar-refractivity contribution in [3.05, 3.63) is 64.5 Å². The van der Waals surface area contributed by atoms with E-state index in [1.54, 1.807) is 11.3 Å². The van der Waals surface area contributed by atoms with Crippen molar-refractivity contribution in [3.63, 3.8) is 0 Å². The molecule has 0 fully saturated rings. The predicted molar refractivity (Wildman–Crippen MR) is 106 cm³/mol. The summed E-state index contributed by atoms with van der Waals surface area (Å²) in [5.41, 5.74) is 4.54. The van der Waals surface area contributed by atoms with E-state index >= 15 is 0 Å². The summed E-state index contributed by atoms with van der Waals surface area (Å²) in [7, 11) is 0. The quantitative estimate of drug-likeness (QED) is 0.720. The van der Waals surface area contributed by atoms with Crippen molar-refractivity contribution in [1.82, 2.24) is 19.4 Å². The summed E-state index contributed by atoms with van der Waals surface area (Å²) in [5.74, 6) is 1.58. The van der Waals surface area contributed by atoms with Crippen LogP contribution in [0.25, 0.3) is 0 Å². The Hall–Kier alpha value is -2.18. The highest BCUT2D eigenvalue weighted by molar-refractivity contribution is 7.09. The van der Waals surface area contributed by atoms with E-state index in [2.05, 4.69) is 50.0 Å². The summed E-state index contributed by atoms with van der Waals surface area (Å²) in [5, 5.41) is 3.45. The highest BCUT2D eigenvalue weighted by Crippen LogP contribution is 2.23. The zero-order valence-corrected chi connectivity index (χ0v) is 16.0. The van der Waals surface area contributed by atoms with Crippen molar-refractivity contribution in [2.75, 3.05) is 18.4 Å². The molecule has 0 radical (unpaired) electrons. The fourth-order valence-electron chi connectivity index (χ4n) is 3.62. The number of nitrogens with one attached hydrogen (secondary N) is 1. The minimum atomic E-state index is 0.619. The van der Waals surface area contributed by atoms with Gasteiger partial charge >= 0.3 is 0 Å². The van der Waals surface area contributed by atoms with Crippen LogP contribution < -0.4 is 5.32 Å². The van der Waals surface area contributed by atoms with Gasteiger partial charge in [-0.2, -0.15) is 0 Å². The number of hydrogen-bond donors (Lipinski definition) is 1. The minimum Gasteiger partial charge on any atom is -0.370 e. The summed E-state index contributed by atoms with van der Waals surface area (Å²) >= 11 is 1.77. The monoisotopic (exact) mass is 367 g/mol. The zero-order valence-electron chi connectivity index (χ0n) is 15.1. The molecular weight excluding hydrogens is 342 g/mol. The highest BCUT2D eigenvalue weighted by Gasteiger charge is 2.22. The maximum Gasteiger partial charge on any atom is 0.125 e. The average Bonchev–Trinajstić information content (AvgIpc) is 3.21. The number of rotatable bonds is 6. The van der Waals surface area contributed by atoms with E-state index < -0.39 is 0 Å². The molecule has 0 saturated carbocycles. The summed E-state index contributed by atoms with van der Waals surface area (Å²) in [4.78, 5) is 12.7. The van der Waals surface area contributed by atoms with Crippen LogP contribution in [0.5, 0.6) is 0 Å². The molecule has 4 heterocycles. The first-order valence-electron chi connectivity index (χ1n) is 9.18. The van der Waals surface area contributed by atoms with Crippen LogP contribution in [0.1, 0.15) is 22.7 Å². The molecule has 1 unspecified atom stereocenters. The molecule has 1 atom stereocenters. The second-order valence-corrected chi connectivity index (χ2v) is 7.92. The van der Waals surface area contributed by atoms with Crippen LogP contribution in [0, 0.1) is 12.8 Å². The Morgan fingerprint density at radius 3 is 2.96 bits per heavy atom. The van der Waals surface area contributed by atoms with Gasteiger partial charge in [0, 0.05) is 55.7 Å². The highest BCUT2D eigenvalue weighted by atomic mass is 32.1. The predicted octanol–water partition coefficient (Wildman–Crippen LogP) is 3.78. The summed E-state index contributed by atoms with van der Waals surface area (Å²) < 4.78 is 2.42. The van der Waals surface area contributed by atoms with Gasteiger partial charge in [-0.15, -0.1) is 11.3 Å². The lowest BCUT2D eigenvalue weighted by Gasteiger charge is -2.23. The van der Waals surface area contributed by atoms with Crippen LogP contribution in [-0.2, 0) is 19.6 Å². The second-order valence-electron chi connectivity index (χ2n) is 6.98. The maximum absolute atomic E-state index is 4.41. The Morgan fingerprint density at radius 1 is 1.19 bits per heavy atom. The van der Waals surface area contributed by atoms with E-state index in [0.717, 1.165) is 45.0 Å². The third-order valence-corrected chi connectivity index (χ3v) is 5.94. The standard InChI is InChI=1S/C20H25N5S/c1-16-19(26-15-23-16)14-24-11-17(12-25-10-4-5-18(25)13-24)7-9-22-20-6-2-3-8-21-20/h2-6,8,10,15,17H,7,9,11-14H2,1H3,(H,21,22). The van der Waals surface area contributed by atoms with Crippen molar-refractivity contribution in [2.45, 2.75) is 33.0 Å². The Labute approximate surface area is 158 Å². The van der Waals surface area contributed by atoms with Gasteiger partial charge in [0.1, 0.15) is 5.82 Å². The molecular formula is C20H25N5S. The summed E-state index contributed by atoms with van der Waals surface area (Å²) in [6, 6.07) is 10.4. The van der Waals surface area contributed by atoms with Crippen LogP contribution in [0.15, 0.2) is 48.2 Å². The Morgan fingerprint density at radius 2 is 2.15 bits per heavy atom. The number of pyridine rings is 1. The lowest BCUT2D eigenvalue weighted by Crippen LogP contribution is -2.28. The number of hydrogen-bond acceptors (Lipinski definition) is 5. The molecule has 0 spiro atoms. The zero-order chi connectivity index (χ0) is 17.8. The number of fused-ring (bicyclic) bond motifs is 1. The molecule has 136 valence electrons. The number of nitrogens with zero attached hydrogens (tertiary/aromatic N) is 4. The van der Waals surface area contributed by atoms with Crippen LogP contribution in [0.2, 0.25) is 0 Å². The molecule has 5 nitrogen and oxygen atoms in total. The normalized spacial score (nSPS) is 17.7. The molecule has 4 rings (SSSR count). The summed E-state index contributed by atoms with van der Waals surface area (Å²) in [6.07, 6.45) is 5.18. The lowest BCUT2D eigenvalue weighted by molar-refractivity contribution is 0.219. The largest absolute Gasteiger partial charge is 0.370 e. The molecule has 26 heavy (non-hydrogen) atoms. The van der Waals surface area contributed by atoms with Gasteiger partial charge in [0.25, 0.3) is 0 Å². The van der Waals surface area contributed by atoms with Crippen molar-refractivity contribution in [2.24, 2.45) is 5.92 Å². The molecule has 0 bridgehead atoms. The number of anilines is 1. The molecule has 1 aliphatic rings. The van der Waals surface area contributed by atoms with E-state index in [1.807, 2.05) is 29.9 Å². The van der Waals surface area contributed by atoms with E-state index in [1.165, 1.54) is 16.3 Å². The first-order chi connectivity index (χ1) is 12.8. The van der Waals surface area contributed by atoms with E-state index in [9.17, 15) is 0 Å². The Balaban J connectivity index is 1.41. The van der Waals surface area contributed by atoms with Crippen LogP contribution in [-0.4, -0.2) is 32.5 Å². The molecule has 1 aliphatic heterocycles. The molecule has 3 aromatic heterocycles. The van der Waals surface area contributed by atoms with Gasteiger partial charge in [0.2, 0.25) is 0 Å². The Bertz CT molecular complexity index is 826. The number of thiazole rings is 1. The van der Waals surface area contributed by atoms with Crippen molar-refractivity contribution in [3.8, 4) is 0 Å². The molecule has 0 aliphatic carbocycles. The van der Waals surface area contributed by atoms with Gasteiger partial charge < -0.3 is 9.88 Å². The molecule has 0 saturated heterocycles. The van der Waals surface area contributed by atoms with Gasteiger partial charge in [-0.25, -0.2) is 9.97 Å². The van der Waals surface area contributed by atoms with Crippen LogP contribution in [0.4, 0.5) is 5.82 Å². The van der Waals surface area contributed by atoms with Crippen LogP contribution in [0.3, 0.4) is 0 Å². The molecule has 3 aromatic rings. The number of aromatic nitrogens is 3. The van der Waals surface area contributed by atoms with Crippen molar-refractivity contribution >= 4 is 17.2 Å². The topological polar surface area (TPSA) is 46.0 Å². The van der Waals surface area contributed by atoms with E-state index in [4.69, 9.17) is 0 Å². The fourth-order valence-corrected chi connectivity index (χ4v) is 4.44. The van der Waals surface area contributed by atoms with Crippen molar-refractivity contribution in [1.29, 1.82) is 0 Å². The SMILES string of the molecule is Cc1ncsc1CN1Cc2cccn2CC(CCNc2ccccn2)C1. The Kier molecular flexibility index (Phi) is 5.32. The van der Waals surface area contributed by atoms with Gasteiger partial charge in [-0.1, -0.05) is 6.07 Å². The lowest BCUT2D eigenvalue weighted by atomic mass is 10.0. The van der Waals surface area contributed by atoms with E-state index in [0.29, 0.717) is 5.92 Å². The third kappa shape index (κ3) is 4.14. The number of aryl methyl sites for hydroxylation is 1. The van der Waals surface area contributed by atoms with E-state index in [-0.39, 0.29) is 0 Å². The van der Waals surface area contributed by atoms with Gasteiger partial charge in [-0.05, 0) is 43.5 Å². The van der Waals surface area contributed by atoms with Gasteiger partial charge in [-0.3, -0.25) is 4.90 Å². The molecule has 0 amide bonds. The molecule has 6 heteroatoms. The third-order valence-electron chi connectivity index (χ3n) is 5.02. The first-order valence-corrected chi connectivity index (χ1v) is 10.1. The molecule has 1 N–H and O–H groups in total. The van der Waals surface area contributed by atoms with Gasteiger partial charge in [0.05, 0.1) is 11.2 Å². The van der Waals surface area contributed by atoms with Gasteiger partial charge in [0.15, 0.2) is 0 Å². The maximum atomic E-state index is 4.41. The average molecular weight is 368 g/mol. The first kappa shape index (κ1) is 17.2. The van der Waals surface area contributed by atoms with Crippen LogP contribution >= 0.6 is 11.3 Å². The summed E-state index contributed by atoms with van der Waals surface area (Å²) in [6.45, 7) is 7.26. The smallest absolute Gasteiger partial charge is 0.125 e. The second kappa shape index (κ2) is 8.01.